The highest BCUT2D eigenvalue weighted by Gasteiger charge is 2.25. The van der Waals surface area contributed by atoms with Crippen LogP contribution >= 0.6 is 0 Å². The van der Waals surface area contributed by atoms with Crippen LogP contribution in [0.5, 0.6) is 0 Å². The number of H-pyrrole nitrogens is 1. The van der Waals surface area contributed by atoms with E-state index in [1.165, 1.54) is 34.7 Å². The van der Waals surface area contributed by atoms with E-state index in [1.54, 1.807) is 10.9 Å². The quantitative estimate of drug-likeness (QED) is 0.403. The highest BCUT2D eigenvalue weighted by Crippen LogP contribution is 2.35. The van der Waals surface area contributed by atoms with Crippen molar-refractivity contribution in [1.29, 1.82) is 0 Å². The van der Waals surface area contributed by atoms with Gasteiger partial charge in [-0.05, 0) is 61.4 Å². The van der Waals surface area contributed by atoms with Gasteiger partial charge in [-0.3, -0.25) is 14.8 Å². The summed E-state index contributed by atoms with van der Waals surface area (Å²) in [5.41, 5.74) is 7.28. The van der Waals surface area contributed by atoms with E-state index < -0.39 is 0 Å². The molecule has 2 aromatic heterocycles. The molecule has 0 spiro atoms. The van der Waals surface area contributed by atoms with Gasteiger partial charge in [0.05, 0.1) is 0 Å². The first-order valence-electron chi connectivity index (χ1n) is 12.6. The first-order valence-corrected chi connectivity index (χ1v) is 12.6. The fourth-order valence-corrected chi connectivity index (χ4v) is 5.39. The van der Waals surface area contributed by atoms with Gasteiger partial charge in [0.25, 0.3) is 5.56 Å². The van der Waals surface area contributed by atoms with E-state index >= 15 is 0 Å². The van der Waals surface area contributed by atoms with E-state index in [-0.39, 0.29) is 5.56 Å². The monoisotopic (exact) mass is 467 g/mol. The van der Waals surface area contributed by atoms with Crippen molar-refractivity contribution in [2.45, 2.75) is 58.5 Å². The molecule has 0 unspecified atom stereocenters. The summed E-state index contributed by atoms with van der Waals surface area (Å²) in [6.45, 7) is 5.01. The predicted octanol–water partition coefficient (Wildman–Crippen LogP) is 5.26. The topological polar surface area (TPSA) is 66.8 Å². The lowest BCUT2D eigenvalue weighted by atomic mass is 9.87. The summed E-state index contributed by atoms with van der Waals surface area (Å²) in [6.07, 6.45) is 8.97. The molecule has 1 N–H and O–H groups in total. The van der Waals surface area contributed by atoms with Gasteiger partial charge in [-0.2, -0.15) is 0 Å². The maximum atomic E-state index is 12.0. The van der Waals surface area contributed by atoms with Gasteiger partial charge in [-0.1, -0.05) is 56.3 Å². The number of aromatic amines is 1. The molecule has 6 heteroatoms. The number of rotatable bonds is 7. The summed E-state index contributed by atoms with van der Waals surface area (Å²) in [7, 11) is 2.17. The molecule has 2 heterocycles. The van der Waals surface area contributed by atoms with Crippen LogP contribution < -0.4 is 5.56 Å². The van der Waals surface area contributed by atoms with Crippen LogP contribution in [0.15, 0.2) is 65.7 Å². The van der Waals surface area contributed by atoms with Gasteiger partial charge in [-0.15, -0.1) is 0 Å². The van der Waals surface area contributed by atoms with Gasteiger partial charge in [0, 0.05) is 42.2 Å². The molecule has 0 saturated heterocycles. The molecule has 0 saturated carbocycles. The van der Waals surface area contributed by atoms with Crippen LogP contribution in [-0.2, 0) is 25.8 Å². The molecule has 2 aromatic carbocycles. The third-order valence-electron chi connectivity index (χ3n) is 7.19. The second-order valence-electron chi connectivity index (χ2n) is 9.38. The summed E-state index contributed by atoms with van der Waals surface area (Å²) in [6, 6.07) is 17.1. The number of hydrogen-bond donors (Lipinski definition) is 1. The minimum atomic E-state index is -0.145. The first kappa shape index (κ1) is 23.2. The van der Waals surface area contributed by atoms with E-state index in [0.29, 0.717) is 18.4 Å². The fraction of sp³-hybridized carbons (Fsp3) is 0.345. The summed E-state index contributed by atoms with van der Waals surface area (Å²) < 4.78 is 1.73. The SMILES string of the molecule is CCc1cccc(CC)c1-c1ncc(CN(C)[C@H]2CCCc3ccccc32)c(-n2ccc(=O)[nH]2)n1. The Kier molecular flexibility index (Phi) is 6.64. The molecule has 0 bridgehead atoms. The number of nitrogens with one attached hydrogen (secondary N) is 1. The molecule has 6 nitrogen and oxygen atoms in total. The van der Waals surface area contributed by atoms with Gasteiger partial charge in [-0.25, -0.2) is 14.6 Å². The Bertz CT molecular complexity index is 1360. The normalized spacial score (nSPS) is 15.4. The molecule has 0 amide bonds. The lowest BCUT2D eigenvalue weighted by Crippen LogP contribution is -2.28. The molecule has 4 aromatic rings. The molecule has 0 radical (unpaired) electrons. The summed E-state index contributed by atoms with van der Waals surface area (Å²) in [4.78, 5) is 24.3. The standard InChI is InChI=1S/C29H33N5O/c1-4-20-11-8-12-21(5-2)27(20)28-30-18-23(29(31-28)34-17-16-26(35)32-34)19-33(3)25-15-9-13-22-10-6-7-14-24(22)25/h6-8,10-12,14,16-18,25H,4-5,9,13,15,19H2,1-3H3,(H,32,35)/t25-/m0/s1. The van der Waals surface area contributed by atoms with Crippen molar-refractivity contribution in [1.82, 2.24) is 24.6 Å². The average molecular weight is 468 g/mol. The van der Waals surface area contributed by atoms with Crippen LogP contribution in [0.4, 0.5) is 0 Å². The van der Waals surface area contributed by atoms with Crippen LogP contribution in [0.25, 0.3) is 17.2 Å². The third-order valence-corrected chi connectivity index (χ3v) is 7.19. The summed E-state index contributed by atoms with van der Waals surface area (Å²) >= 11 is 0. The van der Waals surface area contributed by atoms with Crippen LogP contribution in [-0.4, -0.2) is 31.7 Å². The maximum Gasteiger partial charge on any atom is 0.264 e. The Balaban J connectivity index is 1.56. The van der Waals surface area contributed by atoms with E-state index in [9.17, 15) is 4.79 Å². The highest BCUT2D eigenvalue weighted by molar-refractivity contribution is 5.66. The van der Waals surface area contributed by atoms with Crippen LogP contribution in [0, 0.1) is 0 Å². The van der Waals surface area contributed by atoms with Gasteiger partial charge in [0.1, 0.15) is 0 Å². The number of aromatic nitrogens is 4. The minimum Gasteiger partial charge on any atom is -0.295 e. The van der Waals surface area contributed by atoms with Crippen molar-refractivity contribution in [3.8, 4) is 17.2 Å². The zero-order chi connectivity index (χ0) is 24.4. The second-order valence-corrected chi connectivity index (χ2v) is 9.38. The molecule has 0 aliphatic heterocycles. The smallest absolute Gasteiger partial charge is 0.264 e. The number of benzene rings is 2. The molecular formula is C29H33N5O. The zero-order valence-corrected chi connectivity index (χ0v) is 20.8. The lowest BCUT2D eigenvalue weighted by molar-refractivity contribution is 0.212. The first-order chi connectivity index (χ1) is 17.1. The second kappa shape index (κ2) is 10.0. The Morgan fingerprint density at radius 1 is 1.03 bits per heavy atom. The molecule has 5 rings (SSSR count). The highest BCUT2D eigenvalue weighted by atomic mass is 16.1. The molecule has 1 aliphatic rings. The predicted molar refractivity (Wildman–Crippen MR) is 140 cm³/mol. The third kappa shape index (κ3) is 4.58. The van der Waals surface area contributed by atoms with Crippen molar-refractivity contribution < 1.29 is 0 Å². The summed E-state index contributed by atoms with van der Waals surface area (Å²) in [5.74, 6) is 1.43. The van der Waals surface area contributed by atoms with Crippen molar-refractivity contribution >= 4 is 0 Å². The van der Waals surface area contributed by atoms with Crippen molar-refractivity contribution in [3.63, 3.8) is 0 Å². The molecule has 0 fully saturated rings. The van der Waals surface area contributed by atoms with Crippen molar-refractivity contribution in [3.05, 3.63) is 99.1 Å². The van der Waals surface area contributed by atoms with E-state index in [1.807, 2.05) is 6.20 Å². The maximum absolute atomic E-state index is 12.0. The van der Waals surface area contributed by atoms with Gasteiger partial charge < -0.3 is 0 Å². The number of fused-ring (bicyclic) bond motifs is 1. The fourth-order valence-electron chi connectivity index (χ4n) is 5.39. The number of nitrogens with zero attached hydrogens (tertiary/aromatic N) is 4. The van der Waals surface area contributed by atoms with Gasteiger partial charge in [0.2, 0.25) is 0 Å². The Labute approximate surface area is 206 Å². The average Bonchev–Trinajstić information content (AvgIpc) is 3.34. The Morgan fingerprint density at radius 2 is 1.80 bits per heavy atom. The van der Waals surface area contributed by atoms with E-state index in [0.717, 1.165) is 42.6 Å². The molecule has 35 heavy (non-hydrogen) atoms. The molecule has 1 atom stereocenters. The van der Waals surface area contributed by atoms with Crippen molar-refractivity contribution in [2.75, 3.05) is 7.05 Å². The largest absolute Gasteiger partial charge is 0.295 e. The van der Waals surface area contributed by atoms with Gasteiger partial charge >= 0.3 is 0 Å². The van der Waals surface area contributed by atoms with Gasteiger partial charge in [0.15, 0.2) is 11.6 Å². The van der Waals surface area contributed by atoms with Crippen LogP contribution in [0.2, 0.25) is 0 Å². The van der Waals surface area contributed by atoms with Crippen LogP contribution in [0.1, 0.15) is 60.5 Å². The summed E-state index contributed by atoms with van der Waals surface area (Å²) in [5, 5.41) is 2.89. The molecular weight excluding hydrogens is 434 g/mol. The van der Waals surface area contributed by atoms with Crippen LogP contribution in [0.3, 0.4) is 0 Å². The van der Waals surface area contributed by atoms with E-state index in [2.05, 4.69) is 73.4 Å². The number of hydrogen-bond acceptors (Lipinski definition) is 4. The minimum absolute atomic E-state index is 0.145. The molecule has 1 aliphatic carbocycles. The Morgan fingerprint density at radius 3 is 2.51 bits per heavy atom. The van der Waals surface area contributed by atoms with Crippen molar-refractivity contribution in [2.24, 2.45) is 0 Å². The lowest BCUT2D eigenvalue weighted by Gasteiger charge is -2.33. The Hall–Kier alpha value is -3.51. The molecule has 180 valence electrons. The zero-order valence-electron chi connectivity index (χ0n) is 20.8. The number of aryl methyl sites for hydroxylation is 3. The van der Waals surface area contributed by atoms with E-state index in [4.69, 9.17) is 9.97 Å².